The molecule has 0 amide bonds. The molecule has 5 nitrogen and oxygen atoms in total. The predicted molar refractivity (Wildman–Crippen MR) is 68.3 cm³/mol. The van der Waals surface area contributed by atoms with E-state index in [2.05, 4.69) is 10.3 Å². The second-order valence-electron chi connectivity index (χ2n) is 4.99. The second-order valence-corrected chi connectivity index (χ2v) is 5.99. The highest BCUT2D eigenvalue weighted by Gasteiger charge is 2.40. The van der Waals surface area contributed by atoms with Gasteiger partial charge in [-0.25, -0.2) is 9.78 Å². The van der Waals surface area contributed by atoms with Crippen molar-refractivity contribution in [3.05, 3.63) is 10.6 Å². The number of carbonyl (C=O) groups is 1. The van der Waals surface area contributed by atoms with Crippen LogP contribution in [0.1, 0.15) is 34.6 Å². The molecule has 1 aromatic heterocycles. The molecule has 0 aliphatic carbocycles. The SMILES string of the molecule is Cc1nc(NCC2CC3CCC2O3)sc1C(=O)O. The Hall–Kier alpha value is -1.14. The Labute approximate surface area is 109 Å². The molecule has 2 fully saturated rings. The summed E-state index contributed by atoms with van der Waals surface area (Å²) in [7, 11) is 0. The van der Waals surface area contributed by atoms with Crippen molar-refractivity contribution < 1.29 is 14.6 Å². The zero-order chi connectivity index (χ0) is 12.7. The van der Waals surface area contributed by atoms with E-state index in [1.165, 1.54) is 17.8 Å². The molecule has 2 aliphatic heterocycles. The smallest absolute Gasteiger partial charge is 0.347 e. The number of nitrogens with zero attached hydrogens (tertiary/aromatic N) is 1. The lowest BCUT2D eigenvalue weighted by Crippen LogP contribution is -2.24. The first-order valence-electron chi connectivity index (χ1n) is 6.23. The summed E-state index contributed by atoms with van der Waals surface area (Å²) in [5.41, 5.74) is 0.583. The van der Waals surface area contributed by atoms with Crippen molar-refractivity contribution in [2.75, 3.05) is 11.9 Å². The number of hydrogen-bond donors (Lipinski definition) is 2. The number of aromatic nitrogens is 1. The molecule has 0 saturated carbocycles. The molecule has 3 atom stereocenters. The van der Waals surface area contributed by atoms with Gasteiger partial charge in [-0.1, -0.05) is 11.3 Å². The average Bonchev–Trinajstić information content (AvgIpc) is 3.00. The van der Waals surface area contributed by atoms with Gasteiger partial charge in [-0.2, -0.15) is 0 Å². The van der Waals surface area contributed by atoms with Gasteiger partial charge in [0.15, 0.2) is 5.13 Å². The van der Waals surface area contributed by atoms with Crippen molar-refractivity contribution in [3.8, 4) is 0 Å². The number of aryl methyl sites for hydroxylation is 1. The summed E-state index contributed by atoms with van der Waals surface area (Å²) in [6.07, 6.45) is 4.32. The molecule has 0 radical (unpaired) electrons. The third kappa shape index (κ3) is 2.10. The molecule has 1 aromatic rings. The van der Waals surface area contributed by atoms with Crippen molar-refractivity contribution in [3.63, 3.8) is 0 Å². The fraction of sp³-hybridized carbons (Fsp3) is 0.667. The summed E-state index contributed by atoms with van der Waals surface area (Å²) in [6.45, 7) is 2.55. The first-order valence-corrected chi connectivity index (χ1v) is 7.05. The minimum absolute atomic E-state index is 0.321. The molecule has 0 spiro atoms. The molecule has 2 N–H and O–H groups in total. The number of rotatable bonds is 4. The van der Waals surface area contributed by atoms with E-state index in [9.17, 15) is 4.79 Å². The maximum absolute atomic E-state index is 10.9. The molecule has 98 valence electrons. The van der Waals surface area contributed by atoms with Gasteiger partial charge in [0.25, 0.3) is 0 Å². The maximum Gasteiger partial charge on any atom is 0.347 e. The number of aromatic carboxylic acids is 1. The standard InChI is InChI=1S/C12H16N2O3S/c1-6-10(11(15)16)18-12(14-6)13-5-7-4-8-2-3-9(7)17-8/h7-9H,2-5H2,1H3,(H,13,14)(H,15,16). The molecule has 3 rings (SSSR count). The third-order valence-corrected chi connectivity index (χ3v) is 4.84. The average molecular weight is 268 g/mol. The van der Waals surface area contributed by atoms with Crippen molar-refractivity contribution in [1.29, 1.82) is 0 Å². The number of anilines is 1. The van der Waals surface area contributed by atoms with Gasteiger partial charge in [-0.15, -0.1) is 0 Å². The van der Waals surface area contributed by atoms with E-state index in [1.807, 2.05) is 0 Å². The third-order valence-electron chi connectivity index (χ3n) is 3.74. The van der Waals surface area contributed by atoms with E-state index in [4.69, 9.17) is 9.84 Å². The van der Waals surface area contributed by atoms with Gasteiger partial charge in [-0.05, 0) is 26.2 Å². The highest BCUT2D eigenvalue weighted by molar-refractivity contribution is 7.17. The van der Waals surface area contributed by atoms with E-state index >= 15 is 0 Å². The summed E-state index contributed by atoms with van der Waals surface area (Å²) in [4.78, 5) is 15.5. The van der Waals surface area contributed by atoms with Gasteiger partial charge in [0.2, 0.25) is 0 Å². The van der Waals surface area contributed by atoms with Crippen LogP contribution in [-0.4, -0.2) is 34.8 Å². The van der Waals surface area contributed by atoms with Gasteiger partial charge in [-0.3, -0.25) is 0 Å². The van der Waals surface area contributed by atoms with Crippen LogP contribution in [0.3, 0.4) is 0 Å². The zero-order valence-electron chi connectivity index (χ0n) is 10.2. The number of ether oxygens (including phenoxy) is 1. The number of carboxylic acids is 1. The second kappa shape index (κ2) is 4.51. The van der Waals surface area contributed by atoms with E-state index in [0.717, 1.165) is 19.4 Å². The monoisotopic (exact) mass is 268 g/mol. The van der Waals surface area contributed by atoms with Crippen LogP contribution in [0.5, 0.6) is 0 Å². The first kappa shape index (κ1) is 11.9. The van der Waals surface area contributed by atoms with E-state index in [0.29, 0.717) is 33.8 Å². The highest BCUT2D eigenvalue weighted by atomic mass is 32.1. The van der Waals surface area contributed by atoms with Gasteiger partial charge >= 0.3 is 5.97 Å². The molecular weight excluding hydrogens is 252 g/mol. The van der Waals surface area contributed by atoms with Crippen LogP contribution in [-0.2, 0) is 4.74 Å². The van der Waals surface area contributed by atoms with Crippen molar-refractivity contribution in [1.82, 2.24) is 4.98 Å². The number of nitrogens with one attached hydrogen (secondary N) is 1. The largest absolute Gasteiger partial charge is 0.477 e. The number of carboxylic acid groups (broad SMARTS) is 1. The van der Waals surface area contributed by atoms with Crippen molar-refractivity contribution >= 4 is 22.4 Å². The van der Waals surface area contributed by atoms with Crippen LogP contribution in [0.2, 0.25) is 0 Å². The van der Waals surface area contributed by atoms with Crippen LogP contribution >= 0.6 is 11.3 Å². The minimum atomic E-state index is -0.902. The first-order chi connectivity index (χ1) is 8.63. The highest BCUT2D eigenvalue weighted by Crippen LogP contribution is 2.38. The zero-order valence-corrected chi connectivity index (χ0v) is 11.0. The van der Waals surface area contributed by atoms with Crippen LogP contribution in [0.25, 0.3) is 0 Å². The fourth-order valence-corrected chi connectivity index (χ4v) is 3.66. The summed E-state index contributed by atoms with van der Waals surface area (Å²) < 4.78 is 5.79. The molecule has 6 heteroatoms. The molecule has 2 bridgehead atoms. The van der Waals surface area contributed by atoms with Crippen LogP contribution in [0, 0.1) is 12.8 Å². The van der Waals surface area contributed by atoms with Crippen molar-refractivity contribution in [2.24, 2.45) is 5.92 Å². The Morgan fingerprint density at radius 2 is 2.44 bits per heavy atom. The maximum atomic E-state index is 10.9. The Balaban J connectivity index is 1.60. The lowest BCUT2D eigenvalue weighted by Gasteiger charge is -2.18. The molecular formula is C12H16N2O3S. The van der Waals surface area contributed by atoms with E-state index in [1.54, 1.807) is 6.92 Å². The van der Waals surface area contributed by atoms with Crippen LogP contribution < -0.4 is 5.32 Å². The summed E-state index contributed by atoms with van der Waals surface area (Å²) >= 11 is 1.21. The topological polar surface area (TPSA) is 71.5 Å². The summed E-state index contributed by atoms with van der Waals surface area (Å²) in [5, 5.41) is 12.9. The molecule has 2 saturated heterocycles. The predicted octanol–water partition coefficient (Wildman–Crippen LogP) is 2.13. The molecule has 0 aromatic carbocycles. The van der Waals surface area contributed by atoms with Gasteiger partial charge in [0.05, 0.1) is 17.9 Å². The van der Waals surface area contributed by atoms with Crippen LogP contribution in [0.15, 0.2) is 0 Å². The fourth-order valence-electron chi connectivity index (χ4n) is 2.85. The Morgan fingerprint density at radius 1 is 1.61 bits per heavy atom. The van der Waals surface area contributed by atoms with Crippen LogP contribution in [0.4, 0.5) is 5.13 Å². The molecule has 3 heterocycles. The lowest BCUT2D eigenvalue weighted by atomic mass is 9.89. The molecule has 3 unspecified atom stereocenters. The molecule has 2 aliphatic rings. The summed E-state index contributed by atoms with van der Waals surface area (Å²) in [6, 6.07) is 0. The Morgan fingerprint density at radius 3 is 3.00 bits per heavy atom. The minimum Gasteiger partial charge on any atom is -0.477 e. The quantitative estimate of drug-likeness (QED) is 0.875. The number of hydrogen-bond acceptors (Lipinski definition) is 5. The number of thiazole rings is 1. The van der Waals surface area contributed by atoms with Gasteiger partial charge < -0.3 is 15.2 Å². The van der Waals surface area contributed by atoms with Gasteiger partial charge in [0.1, 0.15) is 4.88 Å². The van der Waals surface area contributed by atoms with Crippen molar-refractivity contribution in [2.45, 2.75) is 38.4 Å². The normalized spacial score (nSPS) is 29.7. The van der Waals surface area contributed by atoms with Gasteiger partial charge in [0, 0.05) is 12.5 Å². The number of fused-ring (bicyclic) bond motifs is 2. The molecule has 18 heavy (non-hydrogen) atoms. The Kier molecular flexibility index (Phi) is 2.99. The lowest BCUT2D eigenvalue weighted by molar-refractivity contribution is 0.0701. The summed E-state index contributed by atoms with van der Waals surface area (Å²) in [5.74, 6) is -0.359. The van der Waals surface area contributed by atoms with E-state index < -0.39 is 5.97 Å². The Bertz CT molecular complexity index is 474. The van der Waals surface area contributed by atoms with E-state index in [-0.39, 0.29) is 0 Å².